The van der Waals surface area contributed by atoms with Crippen molar-refractivity contribution in [3.8, 4) is 0 Å². The molecular weight excluding hydrogens is 264 g/mol. The Morgan fingerprint density at radius 3 is 2.62 bits per heavy atom. The number of halogens is 1. The van der Waals surface area contributed by atoms with E-state index < -0.39 is 0 Å². The Hall–Kier alpha value is -0.630. The van der Waals surface area contributed by atoms with E-state index in [1.54, 1.807) is 6.92 Å². The minimum Gasteiger partial charge on any atom is -0.300 e. The van der Waals surface area contributed by atoms with Crippen molar-refractivity contribution in [1.29, 1.82) is 0 Å². The zero-order valence-corrected chi connectivity index (χ0v) is 11.8. The highest BCUT2D eigenvalue weighted by molar-refractivity contribution is 9.10. The van der Waals surface area contributed by atoms with Gasteiger partial charge in [0.05, 0.1) is 0 Å². The van der Waals surface area contributed by atoms with Gasteiger partial charge in [-0.1, -0.05) is 35.0 Å². The highest BCUT2D eigenvalue weighted by Gasteiger charge is 2.13. The Balaban J connectivity index is 2.82. The topological polar surface area (TPSA) is 17.1 Å². The molecule has 88 valence electrons. The number of ketones is 1. The first-order valence-corrected chi connectivity index (χ1v) is 6.59. The molecule has 0 heterocycles. The lowest BCUT2D eigenvalue weighted by Gasteiger charge is -2.16. The van der Waals surface area contributed by atoms with Gasteiger partial charge in [0, 0.05) is 10.9 Å². The van der Waals surface area contributed by atoms with Crippen molar-refractivity contribution in [2.24, 2.45) is 0 Å². The molecule has 0 spiro atoms. The number of hydrogen-bond donors (Lipinski definition) is 0. The van der Waals surface area contributed by atoms with Crippen LogP contribution in [0.4, 0.5) is 0 Å². The largest absolute Gasteiger partial charge is 0.300 e. The SMILES string of the molecule is CCC(CCC(C)=O)c1ccc(C)cc1Br. The van der Waals surface area contributed by atoms with E-state index in [1.165, 1.54) is 15.6 Å². The molecular formula is C14H19BrO. The third kappa shape index (κ3) is 3.75. The maximum absolute atomic E-state index is 11.0. The molecule has 0 N–H and O–H groups in total. The molecule has 0 fully saturated rings. The van der Waals surface area contributed by atoms with Gasteiger partial charge in [0.1, 0.15) is 5.78 Å². The summed E-state index contributed by atoms with van der Waals surface area (Å²) in [7, 11) is 0. The highest BCUT2D eigenvalue weighted by Crippen LogP contribution is 2.31. The van der Waals surface area contributed by atoms with Gasteiger partial charge in [-0.3, -0.25) is 0 Å². The smallest absolute Gasteiger partial charge is 0.129 e. The van der Waals surface area contributed by atoms with Crippen molar-refractivity contribution in [2.45, 2.75) is 46.0 Å². The van der Waals surface area contributed by atoms with E-state index in [1.807, 2.05) is 0 Å². The summed E-state index contributed by atoms with van der Waals surface area (Å²) in [6, 6.07) is 6.45. The molecule has 0 radical (unpaired) electrons. The molecule has 0 aliphatic rings. The molecule has 1 aromatic rings. The first-order chi connectivity index (χ1) is 7.54. The normalized spacial score (nSPS) is 12.5. The lowest BCUT2D eigenvalue weighted by molar-refractivity contribution is -0.117. The van der Waals surface area contributed by atoms with Crippen molar-refractivity contribution >= 4 is 21.7 Å². The van der Waals surface area contributed by atoms with Gasteiger partial charge in [0.2, 0.25) is 0 Å². The van der Waals surface area contributed by atoms with Crippen LogP contribution in [0.5, 0.6) is 0 Å². The van der Waals surface area contributed by atoms with Gasteiger partial charge < -0.3 is 4.79 Å². The molecule has 0 aliphatic carbocycles. The standard InChI is InChI=1S/C14H19BrO/c1-4-12(7-6-11(3)16)13-8-5-10(2)9-14(13)15/h5,8-9,12H,4,6-7H2,1-3H3. The second kappa shape index (κ2) is 6.19. The monoisotopic (exact) mass is 282 g/mol. The van der Waals surface area contributed by atoms with E-state index in [2.05, 4.69) is 48.0 Å². The summed E-state index contributed by atoms with van der Waals surface area (Å²) in [5.74, 6) is 0.764. The van der Waals surface area contributed by atoms with Crippen LogP contribution in [0.1, 0.15) is 50.2 Å². The third-order valence-corrected chi connectivity index (χ3v) is 3.62. The van der Waals surface area contributed by atoms with Crippen molar-refractivity contribution in [2.75, 3.05) is 0 Å². The zero-order valence-electron chi connectivity index (χ0n) is 10.2. The van der Waals surface area contributed by atoms with Gasteiger partial charge in [0.25, 0.3) is 0 Å². The predicted molar refractivity (Wildman–Crippen MR) is 71.8 cm³/mol. The average molecular weight is 283 g/mol. The van der Waals surface area contributed by atoms with Crippen LogP contribution in [0.25, 0.3) is 0 Å². The number of carbonyl (C=O) groups excluding carboxylic acids is 1. The maximum atomic E-state index is 11.0. The molecule has 1 aromatic carbocycles. The van der Waals surface area contributed by atoms with Gasteiger partial charge >= 0.3 is 0 Å². The van der Waals surface area contributed by atoms with Crippen molar-refractivity contribution < 1.29 is 4.79 Å². The van der Waals surface area contributed by atoms with E-state index in [4.69, 9.17) is 0 Å². The Morgan fingerprint density at radius 1 is 1.44 bits per heavy atom. The zero-order chi connectivity index (χ0) is 12.1. The van der Waals surface area contributed by atoms with Gasteiger partial charge in [-0.2, -0.15) is 0 Å². The van der Waals surface area contributed by atoms with E-state index in [9.17, 15) is 4.79 Å². The van der Waals surface area contributed by atoms with Gasteiger partial charge in [-0.25, -0.2) is 0 Å². The minimum absolute atomic E-state index is 0.279. The molecule has 0 aromatic heterocycles. The van der Waals surface area contributed by atoms with Crippen LogP contribution < -0.4 is 0 Å². The molecule has 1 atom stereocenters. The van der Waals surface area contributed by atoms with Crippen LogP contribution in [-0.2, 0) is 4.79 Å². The molecule has 0 aliphatic heterocycles. The summed E-state index contributed by atoms with van der Waals surface area (Å²) in [6.07, 6.45) is 2.71. The average Bonchev–Trinajstić information content (AvgIpc) is 2.21. The molecule has 0 amide bonds. The number of Topliss-reactive ketones (excluding diaryl/α,β-unsaturated/α-hetero) is 1. The lowest BCUT2D eigenvalue weighted by Crippen LogP contribution is -2.02. The number of benzene rings is 1. The fourth-order valence-electron chi connectivity index (χ4n) is 1.92. The molecule has 1 rings (SSSR count). The molecule has 2 heteroatoms. The number of hydrogen-bond acceptors (Lipinski definition) is 1. The Kier molecular flexibility index (Phi) is 5.20. The van der Waals surface area contributed by atoms with E-state index in [-0.39, 0.29) is 5.78 Å². The number of rotatable bonds is 5. The summed E-state index contributed by atoms with van der Waals surface area (Å²) in [4.78, 5) is 11.0. The molecule has 0 saturated carbocycles. The summed E-state index contributed by atoms with van der Waals surface area (Å²) >= 11 is 3.61. The summed E-state index contributed by atoms with van der Waals surface area (Å²) in [6.45, 7) is 5.93. The Labute approximate surface area is 106 Å². The quantitative estimate of drug-likeness (QED) is 0.770. The summed E-state index contributed by atoms with van der Waals surface area (Å²) in [5, 5.41) is 0. The summed E-state index contributed by atoms with van der Waals surface area (Å²) < 4.78 is 1.17. The first kappa shape index (κ1) is 13.4. The second-order valence-corrected chi connectivity index (χ2v) is 5.23. The van der Waals surface area contributed by atoms with Crippen molar-refractivity contribution in [3.63, 3.8) is 0 Å². The second-order valence-electron chi connectivity index (χ2n) is 4.37. The maximum Gasteiger partial charge on any atom is 0.129 e. The Morgan fingerprint density at radius 2 is 2.12 bits per heavy atom. The minimum atomic E-state index is 0.279. The van der Waals surface area contributed by atoms with Crippen LogP contribution in [0, 0.1) is 6.92 Å². The fourth-order valence-corrected chi connectivity index (χ4v) is 2.74. The van der Waals surface area contributed by atoms with E-state index in [0.717, 1.165) is 12.8 Å². The fraction of sp³-hybridized carbons (Fsp3) is 0.500. The van der Waals surface area contributed by atoms with Crippen LogP contribution >= 0.6 is 15.9 Å². The molecule has 1 unspecified atom stereocenters. The van der Waals surface area contributed by atoms with Crippen LogP contribution in [0.3, 0.4) is 0 Å². The molecule has 0 bridgehead atoms. The van der Waals surface area contributed by atoms with Gasteiger partial charge in [-0.05, 0) is 49.8 Å². The van der Waals surface area contributed by atoms with Crippen molar-refractivity contribution in [3.05, 3.63) is 33.8 Å². The Bertz CT molecular complexity index is 371. The molecule has 0 saturated heterocycles. The number of aryl methyl sites for hydroxylation is 1. The molecule has 1 nitrogen and oxygen atoms in total. The lowest BCUT2D eigenvalue weighted by atomic mass is 9.91. The van der Waals surface area contributed by atoms with Crippen LogP contribution in [0.2, 0.25) is 0 Å². The highest BCUT2D eigenvalue weighted by atomic mass is 79.9. The van der Waals surface area contributed by atoms with Gasteiger partial charge in [-0.15, -0.1) is 0 Å². The van der Waals surface area contributed by atoms with Gasteiger partial charge in [0.15, 0.2) is 0 Å². The van der Waals surface area contributed by atoms with E-state index >= 15 is 0 Å². The molecule has 16 heavy (non-hydrogen) atoms. The van der Waals surface area contributed by atoms with E-state index in [0.29, 0.717) is 12.3 Å². The predicted octanol–water partition coefficient (Wildman–Crippen LogP) is 4.62. The van der Waals surface area contributed by atoms with Crippen molar-refractivity contribution in [1.82, 2.24) is 0 Å². The van der Waals surface area contributed by atoms with Crippen LogP contribution in [0.15, 0.2) is 22.7 Å². The number of carbonyl (C=O) groups is 1. The first-order valence-electron chi connectivity index (χ1n) is 5.80. The van der Waals surface area contributed by atoms with Crippen LogP contribution in [-0.4, -0.2) is 5.78 Å². The third-order valence-electron chi connectivity index (χ3n) is 2.93. The summed E-state index contributed by atoms with van der Waals surface area (Å²) in [5.41, 5.74) is 2.59.